The Kier molecular flexibility index (Phi) is 7.44. The van der Waals surface area contributed by atoms with Gasteiger partial charge in [0.15, 0.2) is 28.1 Å². The van der Waals surface area contributed by atoms with E-state index in [1.807, 2.05) is 50.6 Å². The van der Waals surface area contributed by atoms with E-state index in [1.54, 1.807) is 18.7 Å². The van der Waals surface area contributed by atoms with Crippen LogP contribution in [0.4, 0.5) is 0 Å². The predicted molar refractivity (Wildman–Crippen MR) is 135 cm³/mol. The molecule has 11 heteroatoms. The second-order valence-corrected chi connectivity index (χ2v) is 9.39. The molecule has 1 amide bonds. The van der Waals surface area contributed by atoms with Crippen LogP contribution in [0.15, 0.2) is 23.4 Å². The molecule has 0 radical (unpaired) electrons. The van der Waals surface area contributed by atoms with Crippen LogP contribution in [0.5, 0.6) is 11.5 Å². The van der Waals surface area contributed by atoms with Gasteiger partial charge in [-0.05, 0) is 39.3 Å². The van der Waals surface area contributed by atoms with Gasteiger partial charge in [0.1, 0.15) is 0 Å². The molecule has 3 heterocycles. The summed E-state index contributed by atoms with van der Waals surface area (Å²) in [5, 5.41) is 13.6. The molecule has 1 aromatic carbocycles. The highest BCUT2D eigenvalue weighted by Gasteiger charge is 2.18. The summed E-state index contributed by atoms with van der Waals surface area (Å²) in [7, 11) is 3.18. The third-order valence-electron chi connectivity index (χ3n) is 5.79. The molecule has 1 N–H and O–H groups in total. The maximum atomic E-state index is 12.4. The summed E-state index contributed by atoms with van der Waals surface area (Å²) in [6.45, 7) is 8.71. The van der Waals surface area contributed by atoms with Gasteiger partial charge in [0.25, 0.3) is 0 Å². The van der Waals surface area contributed by atoms with Crippen molar-refractivity contribution in [2.75, 3.05) is 20.0 Å². The highest BCUT2D eigenvalue weighted by atomic mass is 32.2. The summed E-state index contributed by atoms with van der Waals surface area (Å²) in [6.07, 6.45) is 1.48. The van der Waals surface area contributed by atoms with Gasteiger partial charge in [0, 0.05) is 36.2 Å². The predicted octanol–water partition coefficient (Wildman–Crippen LogP) is 3.36. The van der Waals surface area contributed by atoms with E-state index in [4.69, 9.17) is 24.5 Å². The third kappa shape index (κ3) is 5.34. The first-order valence-electron chi connectivity index (χ1n) is 11.6. The van der Waals surface area contributed by atoms with Crippen LogP contribution < -0.4 is 14.8 Å². The molecule has 0 aliphatic heterocycles. The first-order valence-corrected chi connectivity index (χ1v) is 12.6. The number of thioether (sulfide) groups is 1. The zero-order chi connectivity index (χ0) is 25.1. The number of carbonyl (C=O) groups is 1. The SMILES string of the molecule is CC[C@H](C)NC(=O)CSc1nc2cc(OC)c(OC)cc2c2nc(CCn3nc(C)cc3C)nn12. The molecule has 186 valence electrons. The van der Waals surface area contributed by atoms with Crippen molar-refractivity contribution in [3.05, 3.63) is 35.4 Å². The number of fused-ring (bicyclic) bond motifs is 3. The standard InChI is InChI=1S/C24H31N7O3S/c1-7-14(2)25-22(32)13-35-24-26-18-12-20(34-6)19(33-5)11-17(18)23-27-21(29-31(23)24)8-9-30-16(4)10-15(3)28-30/h10-12,14H,7-9,13H2,1-6H3,(H,25,32)/t14-/m0/s1. The lowest BCUT2D eigenvalue weighted by atomic mass is 10.2. The maximum Gasteiger partial charge on any atom is 0.230 e. The number of amides is 1. The second-order valence-electron chi connectivity index (χ2n) is 8.45. The Bertz CT molecular complexity index is 1360. The van der Waals surface area contributed by atoms with Crippen LogP contribution in [0, 0.1) is 13.8 Å². The van der Waals surface area contributed by atoms with Crippen molar-refractivity contribution in [2.45, 2.75) is 58.3 Å². The Morgan fingerprint density at radius 3 is 2.51 bits per heavy atom. The Balaban J connectivity index is 1.72. The largest absolute Gasteiger partial charge is 0.493 e. The van der Waals surface area contributed by atoms with E-state index >= 15 is 0 Å². The molecule has 0 bridgehead atoms. The van der Waals surface area contributed by atoms with E-state index in [0.717, 1.165) is 23.2 Å². The van der Waals surface area contributed by atoms with E-state index in [0.29, 0.717) is 46.6 Å². The molecule has 35 heavy (non-hydrogen) atoms. The van der Waals surface area contributed by atoms with Crippen molar-refractivity contribution >= 4 is 34.2 Å². The number of carbonyl (C=O) groups excluding carboxylic acids is 1. The summed E-state index contributed by atoms with van der Waals surface area (Å²) in [5.74, 6) is 2.02. The molecule has 0 spiro atoms. The number of methoxy groups -OCH3 is 2. The molecule has 4 aromatic rings. The quantitative estimate of drug-likeness (QED) is 0.262. The minimum absolute atomic E-state index is 0.0448. The zero-order valence-corrected chi connectivity index (χ0v) is 21.8. The average Bonchev–Trinajstić information content (AvgIpc) is 3.42. The molecular formula is C24H31N7O3S. The normalized spacial score (nSPS) is 12.3. The van der Waals surface area contributed by atoms with Gasteiger partial charge in [-0.25, -0.2) is 9.97 Å². The number of hydrogen-bond donors (Lipinski definition) is 1. The van der Waals surface area contributed by atoms with E-state index in [-0.39, 0.29) is 17.7 Å². The first-order chi connectivity index (χ1) is 16.8. The van der Waals surface area contributed by atoms with Gasteiger partial charge < -0.3 is 14.8 Å². The van der Waals surface area contributed by atoms with Gasteiger partial charge in [-0.1, -0.05) is 18.7 Å². The van der Waals surface area contributed by atoms with Gasteiger partial charge in [-0.2, -0.15) is 9.61 Å². The smallest absolute Gasteiger partial charge is 0.230 e. The van der Waals surface area contributed by atoms with Gasteiger partial charge in [0.05, 0.1) is 31.2 Å². The molecule has 0 saturated heterocycles. The van der Waals surface area contributed by atoms with E-state index in [9.17, 15) is 4.79 Å². The van der Waals surface area contributed by atoms with Gasteiger partial charge in [0.2, 0.25) is 5.91 Å². The number of aromatic nitrogens is 6. The Morgan fingerprint density at radius 1 is 1.11 bits per heavy atom. The Hall–Kier alpha value is -3.34. The molecule has 0 fully saturated rings. The van der Waals surface area contributed by atoms with Crippen LogP contribution in [0.1, 0.15) is 37.5 Å². The molecule has 3 aromatic heterocycles. The number of ether oxygens (including phenoxy) is 2. The van der Waals surface area contributed by atoms with Crippen molar-refractivity contribution in [1.29, 1.82) is 0 Å². The third-order valence-corrected chi connectivity index (χ3v) is 6.72. The number of benzene rings is 1. The number of aryl methyl sites for hydroxylation is 4. The second kappa shape index (κ2) is 10.5. The highest BCUT2D eigenvalue weighted by molar-refractivity contribution is 7.99. The highest BCUT2D eigenvalue weighted by Crippen LogP contribution is 2.34. The lowest BCUT2D eigenvalue weighted by Gasteiger charge is -2.12. The molecule has 1 atom stereocenters. The Morgan fingerprint density at radius 2 is 1.86 bits per heavy atom. The molecular weight excluding hydrogens is 466 g/mol. The Labute approximate surface area is 208 Å². The summed E-state index contributed by atoms with van der Waals surface area (Å²) in [5.41, 5.74) is 3.43. The number of nitrogens with zero attached hydrogens (tertiary/aromatic N) is 6. The molecule has 0 aliphatic carbocycles. The molecule has 0 unspecified atom stereocenters. The monoisotopic (exact) mass is 497 g/mol. The van der Waals surface area contributed by atoms with Crippen molar-refractivity contribution in [3.63, 3.8) is 0 Å². The lowest BCUT2D eigenvalue weighted by molar-refractivity contribution is -0.119. The van der Waals surface area contributed by atoms with Crippen LogP contribution in [0.3, 0.4) is 0 Å². The fourth-order valence-corrected chi connectivity index (χ4v) is 4.56. The number of nitrogens with one attached hydrogen (secondary N) is 1. The fraction of sp³-hybridized carbons (Fsp3) is 0.458. The van der Waals surface area contributed by atoms with Crippen LogP contribution in [-0.2, 0) is 17.8 Å². The molecule has 10 nitrogen and oxygen atoms in total. The average molecular weight is 498 g/mol. The maximum absolute atomic E-state index is 12.4. The molecule has 4 rings (SSSR count). The lowest BCUT2D eigenvalue weighted by Crippen LogP contribution is -2.33. The summed E-state index contributed by atoms with van der Waals surface area (Å²) in [4.78, 5) is 22.0. The van der Waals surface area contributed by atoms with Gasteiger partial charge in [-0.3, -0.25) is 9.48 Å². The van der Waals surface area contributed by atoms with Gasteiger partial charge >= 0.3 is 0 Å². The molecule has 0 saturated carbocycles. The van der Waals surface area contributed by atoms with Crippen molar-refractivity contribution < 1.29 is 14.3 Å². The summed E-state index contributed by atoms with van der Waals surface area (Å²) < 4.78 is 14.6. The van der Waals surface area contributed by atoms with Crippen LogP contribution in [-0.4, -0.2) is 61.3 Å². The fourth-order valence-electron chi connectivity index (χ4n) is 3.81. The van der Waals surface area contributed by atoms with E-state index < -0.39 is 0 Å². The van der Waals surface area contributed by atoms with Crippen molar-refractivity contribution in [2.24, 2.45) is 0 Å². The summed E-state index contributed by atoms with van der Waals surface area (Å²) >= 11 is 1.33. The minimum atomic E-state index is -0.0448. The van der Waals surface area contributed by atoms with Crippen LogP contribution in [0.25, 0.3) is 16.6 Å². The van der Waals surface area contributed by atoms with Crippen LogP contribution >= 0.6 is 11.8 Å². The van der Waals surface area contributed by atoms with Crippen molar-refractivity contribution in [1.82, 2.24) is 34.7 Å². The first kappa shape index (κ1) is 24.8. The summed E-state index contributed by atoms with van der Waals surface area (Å²) in [6, 6.07) is 5.85. The van der Waals surface area contributed by atoms with Crippen molar-refractivity contribution in [3.8, 4) is 11.5 Å². The number of rotatable bonds is 10. The van der Waals surface area contributed by atoms with Gasteiger partial charge in [-0.15, -0.1) is 5.10 Å². The number of hydrogen-bond acceptors (Lipinski definition) is 8. The van der Waals surface area contributed by atoms with Crippen LogP contribution in [0.2, 0.25) is 0 Å². The topological polar surface area (TPSA) is 108 Å². The molecule has 0 aliphatic rings. The van der Waals surface area contributed by atoms with E-state index in [2.05, 4.69) is 10.4 Å². The van der Waals surface area contributed by atoms with E-state index in [1.165, 1.54) is 11.8 Å². The minimum Gasteiger partial charge on any atom is -0.493 e. The zero-order valence-electron chi connectivity index (χ0n) is 21.0.